The van der Waals surface area contributed by atoms with Crippen LogP contribution in [0.2, 0.25) is 19.6 Å². The molecule has 0 radical (unpaired) electrons. The average Bonchev–Trinajstić information content (AvgIpc) is 2.52. The Morgan fingerprint density at radius 1 is 0.920 bits per heavy atom. The van der Waals surface area contributed by atoms with Gasteiger partial charge >= 0.3 is 0 Å². The summed E-state index contributed by atoms with van der Waals surface area (Å²) >= 11 is 0. The number of aldehydes is 2. The van der Waals surface area contributed by atoms with Crippen LogP contribution in [-0.4, -0.2) is 20.6 Å². The second kappa shape index (κ2) is 7.32. The summed E-state index contributed by atoms with van der Waals surface area (Å²) < 4.78 is 0. The molecular weight excluding hydrogens is 324 g/mol. The van der Waals surface area contributed by atoms with Crippen LogP contribution in [0.5, 0.6) is 0 Å². The molecule has 2 aromatic carbocycles. The minimum atomic E-state index is -1.88. The normalized spacial score (nSPS) is 12.6. The van der Waals surface area contributed by atoms with Gasteiger partial charge in [0.25, 0.3) is 0 Å². The molecular formula is C22H26O2Si. The lowest BCUT2D eigenvalue weighted by molar-refractivity contribution is -0.104. The summed E-state index contributed by atoms with van der Waals surface area (Å²) in [6.45, 7) is 12.8. The molecule has 3 heteroatoms. The van der Waals surface area contributed by atoms with Crippen molar-refractivity contribution in [1.82, 2.24) is 0 Å². The van der Waals surface area contributed by atoms with E-state index in [0.717, 1.165) is 45.6 Å². The van der Waals surface area contributed by atoms with Gasteiger partial charge in [0.2, 0.25) is 0 Å². The zero-order chi connectivity index (χ0) is 18.8. The van der Waals surface area contributed by atoms with Gasteiger partial charge in [-0.3, -0.25) is 9.59 Å². The van der Waals surface area contributed by atoms with Crippen LogP contribution in [0.15, 0.2) is 41.6 Å². The van der Waals surface area contributed by atoms with Gasteiger partial charge in [0.1, 0.15) is 12.6 Å². The summed E-state index contributed by atoms with van der Waals surface area (Å²) in [5, 5.41) is 0.880. The Hall–Kier alpha value is -2.26. The van der Waals surface area contributed by atoms with Gasteiger partial charge in [0.05, 0.1) is 8.07 Å². The van der Waals surface area contributed by atoms with Gasteiger partial charge in [-0.05, 0) is 59.9 Å². The van der Waals surface area contributed by atoms with Crippen LogP contribution in [-0.2, 0) is 4.79 Å². The summed E-state index contributed by atoms with van der Waals surface area (Å²) in [5.41, 5.74) is 7.16. The van der Waals surface area contributed by atoms with Crippen LogP contribution < -0.4 is 0 Å². The number of rotatable bonds is 5. The summed E-state index contributed by atoms with van der Waals surface area (Å²) in [6.07, 6.45) is 1.87. The number of allylic oxidation sites excluding steroid dienone is 1. The van der Waals surface area contributed by atoms with E-state index in [-0.39, 0.29) is 0 Å². The van der Waals surface area contributed by atoms with E-state index in [1.54, 1.807) is 6.07 Å². The molecule has 0 aliphatic heterocycles. The Morgan fingerprint density at radius 2 is 1.52 bits per heavy atom. The van der Waals surface area contributed by atoms with Gasteiger partial charge in [0, 0.05) is 5.56 Å². The Morgan fingerprint density at radius 3 is 2.00 bits per heavy atom. The first-order valence-corrected chi connectivity index (χ1v) is 12.0. The molecule has 0 amide bonds. The Balaban J connectivity index is 2.95. The van der Waals surface area contributed by atoms with Crippen molar-refractivity contribution in [2.45, 2.75) is 40.4 Å². The summed E-state index contributed by atoms with van der Waals surface area (Å²) in [5.74, 6) is 0. The lowest BCUT2D eigenvalue weighted by Gasteiger charge is -2.24. The Kier molecular flexibility index (Phi) is 5.58. The van der Waals surface area contributed by atoms with Crippen LogP contribution in [0.1, 0.15) is 38.2 Å². The fourth-order valence-corrected chi connectivity index (χ4v) is 4.76. The average molecular weight is 351 g/mol. The molecule has 2 rings (SSSR count). The standard InChI is InChI=1S/C22H26O2Si/c1-15-10-16(2)21(17(3)11-15)22(20(14-24)25(4,5)6)19-9-7-8-18(12-19)13-23/h7-14H,1-6H3/b22-20+. The lowest BCUT2D eigenvalue weighted by Crippen LogP contribution is -2.27. The van der Waals surface area contributed by atoms with E-state index < -0.39 is 8.07 Å². The van der Waals surface area contributed by atoms with E-state index in [9.17, 15) is 9.59 Å². The third-order valence-corrected chi connectivity index (χ3v) is 6.42. The molecule has 0 aliphatic carbocycles. The number of carbonyl (C=O) groups excluding carboxylic acids is 2. The van der Waals surface area contributed by atoms with Gasteiger partial charge in [-0.2, -0.15) is 0 Å². The van der Waals surface area contributed by atoms with Crippen molar-refractivity contribution in [3.05, 3.63) is 75.0 Å². The highest BCUT2D eigenvalue weighted by atomic mass is 28.3. The molecule has 2 aromatic rings. The molecule has 0 spiro atoms. The predicted molar refractivity (Wildman–Crippen MR) is 108 cm³/mol. The summed E-state index contributed by atoms with van der Waals surface area (Å²) in [4.78, 5) is 23.3. The van der Waals surface area contributed by atoms with Crippen molar-refractivity contribution in [3.8, 4) is 0 Å². The number of benzene rings is 2. The quantitative estimate of drug-likeness (QED) is 0.416. The molecule has 0 heterocycles. The molecule has 0 aromatic heterocycles. The van der Waals surface area contributed by atoms with E-state index in [2.05, 4.69) is 52.5 Å². The maximum Gasteiger partial charge on any atom is 0.150 e. The van der Waals surface area contributed by atoms with Gasteiger partial charge in [-0.15, -0.1) is 0 Å². The molecule has 0 saturated carbocycles. The van der Waals surface area contributed by atoms with Gasteiger partial charge in [-0.1, -0.05) is 55.5 Å². The zero-order valence-electron chi connectivity index (χ0n) is 15.9. The molecule has 0 fully saturated rings. The molecule has 0 atom stereocenters. The lowest BCUT2D eigenvalue weighted by atomic mass is 9.89. The number of hydrogen-bond acceptors (Lipinski definition) is 2. The van der Waals surface area contributed by atoms with E-state index >= 15 is 0 Å². The van der Waals surface area contributed by atoms with Crippen molar-refractivity contribution in [1.29, 1.82) is 0 Å². The Bertz CT molecular complexity index is 832. The fourth-order valence-electron chi connectivity index (χ4n) is 3.39. The smallest absolute Gasteiger partial charge is 0.150 e. The predicted octanol–water partition coefficient (Wildman–Crippen LogP) is 5.30. The number of aryl methyl sites for hydroxylation is 3. The van der Waals surface area contributed by atoms with Crippen molar-refractivity contribution in [3.63, 3.8) is 0 Å². The third kappa shape index (κ3) is 4.05. The minimum Gasteiger partial charge on any atom is -0.299 e. The number of hydrogen-bond donors (Lipinski definition) is 0. The highest BCUT2D eigenvalue weighted by Crippen LogP contribution is 2.35. The molecule has 0 aliphatic rings. The highest BCUT2D eigenvalue weighted by Gasteiger charge is 2.26. The van der Waals surface area contributed by atoms with Gasteiger partial charge in [0.15, 0.2) is 0 Å². The van der Waals surface area contributed by atoms with Crippen molar-refractivity contribution in [2.75, 3.05) is 0 Å². The second-order valence-electron chi connectivity index (χ2n) is 7.67. The maximum atomic E-state index is 12.1. The van der Waals surface area contributed by atoms with Crippen molar-refractivity contribution < 1.29 is 9.59 Å². The SMILES string of the molecule is Cc1cc(C)c(/C(=C(\C=O)[Si](C)(C)C)c2cccc(C=O)c2)c(C)c1. The first-order valence-electron chi connectivity index (χ1n) is 8.52. The van der Waals surface area contributed by atoms with Gasteiger partial charge in [-0.25, -0.2) is 0 Å². The first kappa shape index (κ1) is 19.1. The first-order chi connectivity index (χ1) is 11.7. The van der Waals surface area contributed by atoms with Crippen molar-refractivity contribution in [2.24, 2.45) is 0 Å². The molecule has 130 valence electrons. The maximum absolute atomic E-state index is 12.1. The molecule has 0 unspecified atom stereocenters. The van der Waals surface area contributed by atoms with Crippen LogP contribution in [0.3, 0.4) is 0 Å². The second-order valence-corrected chi connectivity index (χ2v) is 12.7. The van der Waals surface area contributed by atoms with Crippen LogP contribution in [0.25, 0.3) is 5.57 Å². The minimum absolute atomic E-state index is 0.623. The number of carbonyl (C=O) groups is 2. The molecule has 0 bridgehead atoms. The van der Waals surface area contributed by atoms with Crippen LogP contribution >= 0.6 is 0 Å². The van der Waals surface area contributed by atoms with Crippen LogP contribution in [0, 0.1) is 20.8 Å². The summed E-state index contributed by atoms with van der Waals surface area (Å²) in [7, 11) is -1.88. The molecule has 25 heavy (non-hydrogen) atoms. The molecule has 2 nitrogen and oxygen atoms in total. The monoisotopic (exact) mass is 350 g/mol. The largest absolute Gasteiger partial charge is 0.299 e. The highest BCUT2D eigenvalue weighted by molar-refractivity contribution is 6.87. The van der Waals surface area contributed by atoms with Gasteiger partial charge < -0.3 is 0 Å². The summed E-state index contributed by atoms with van der Waals surface area (Å²) in [6, 6.07) is 11.8. The van der Waals surface area contributed by atoms with E-state index in [1.165, 1.54) is 5.56 Å². The van der Waals surface area contributed by atoms with E-state index in [4.69, 9.17) is 0 Å². The van der Waals surface area contributed by atoms with Crippen LogP contribution in [0.4, 0.5) is 0 Å². The fraction of sp³-hybridized carbons (Fsp3) is 0.273. The Labute approximate surface area is 151 Å². The topological polar surface area (TPSA) is 34.1 Å². The third-order valence-electron chi connectivity index (χ3n) is 4.43. The van der Waals surface area contributed by atoms with E-state index in [1.807, 2.05) is 18.2 Å². The molecule has 0 saturated heterocycles. The van der Waals surface area contributed by atoms with Crippen molar-refractivity contribution >= 4 is 26.2 Å². The zero-order valence-corrected chi connectivity index (χ0v) is 16.9. The van der Waals surface area contributed by atoms with E-state index in [0.29, 0.717) is 5.56 Å². The molecule has 0 N–H and O–H groups in total.